The second-order valence-electron chi connectivity index (χ2n) is 8.39. The van der Waals surface area contributed by atoms with Crippen molar-refractivity contribution < 1.29 is 31.9 Å². The summed E-state index contributed by atoms with van der Waals surface area (Å²) in [6.45, 7) is 0. The van der Waals surface area contributed by atoms with Gasteiger partial charge in [0.25, 0.3) is 11.8 Å². The molecule has 6 nitrogen and oxygen atoms in total. The van der Waals surface area contributed by atoms with Gasteiger partial charge in [0.05, 0.1) is 22.2 Å². The first-order chi connectivity index (χ1) is 18.3. The molecule has 3 aromatic rings. The van der Waals surface area contributed by atoms with Crippen LogP contribution in [0.25, 0.3) is 0 Å². The van der Waals surface area contributed by atoms with Gasteiger partial charge in [-0.15, -0.1) is 23.2 Å². The number of nitrogens with one attached hydrogen (secondary N) is 3. The summed E-state index contributed by atoms with van der Waals surface area (Å²) in [5.74, 6) is -7.65. The summed E-state index contributed by atoms with van der Waals surface area (Å²) in [6.07, 6.45) is -3.53. The van der Waals surface area contributed by atoms with Gasteiger partial charge < -0.3 is 16.0 Å². The van der Waals surface area contributed by atoms with E-state index in [4.69, 9.17) is 46.4 Å². The Hall–Kier alpha value is -3.05. The van der Waals surface area contributed by atoms with E-state index in [2.05, 4.69) is 10.6 Å². The predicted molar refractivity (Wildman–Crippen MR) is 141 cm³/mol. The van der Waals surface area contributed by atoms with Crippen LogP contribution in [0.3, 0.4) is 0 Å². The average Bonchev–Trinajstić information content (AvgIpc) is 3.46. The summed E-state index contributed by atoms with van der Waals surface area (Å²) in [4.78, 5) is 37.0. The number of rotatable bonds is 7. The third-order valence-corrected chi connectivity index (χ3v) is 7.35. The molecule has 204 valence electrons. The molecule has 1 saturated carbocycles. The molecule has 1 aliphatic carbocycles. The number of halogens is 8. The molecule has 0 radical (unpaired) electrons. The van der Waals surface area contributed by atoms with Crippen molar-refractivity contribution >= 4 is 81.2 Å². The molecule has 2 atom stereocenters. The van der Waals surface area contributed by atoms with Crippen LogP contribution < -0.4 is 16.0 Å². The number of hydrogen-bond donors (Lipinski definition) is 3. The van der Waals surface area contributed by atoms with E-state index in [0.717, 1.165) is 6.07 Å². The van der Waals surface area contributed by atoms with Crippen molar-refractivity contribution in [1.82, 2.24) is 0 Å². The number of hydrogen-bond acceptors (Lipinski definition) is 3. The molecular formula is C25H15Cl4F4N3O3. The van der Waals surface area contributed by atoms with Crippen LogP contribution in [0.5, 0.6) is 0 Å². The van der Waals surface area contributed by atoms with E-state index >= 15 is 0 Å². The van der Waals surface area contributed by atoms with Crippen LogP contribution in [0, 0.1) is 17.6 Å². The molecule has 2 unspecified atom stereocenters. The van der Waals surface area contributed by atoms with Crippen LogP contribution in [0.4, 0.5) is 34.6 Å². The van der Waals surface area contributed by atoms with E-state index in [1.165, 1.54) is 23.5 Å². The monoisotopic (exact) mass is 621 g/mol. The normalized spacial score (nSPS) is 17.5. The Morgan fingerprint density at radius 3 is 2.18 bits per heavy atom. The standard InChI is InChI=1S/C25H15Cl4F4N3O3/c26-11-3-1-10(2-4-11)17-18(25(17,28)29)23(38)34-12-5-6-14(27)13(9-12)22(37)35-16-8-7-15(30)20(19(16)31)36-24(39)21(32)33/h1-9,17-18,21H,(H,34,38)(H,35,37)(H,36,39). The molecule has 3 amide bonds. The van der Waals surface area contributed by atoms with Gasteiger partial charge in [0.2, 0.25) is 5.91 Å². The van der Waals surface area contributed by atoms with Crippen molar-refractivity contribution in [2.24, 2.45) is 5.92 Å². The number of carbonyl (C=O) groups is 3. The topological polar surface area (TPSA) is 87.3 Å². The van der Waals surface area contributed by atoms with Crippen LogP contribution in [-0.4, -0.2) is 28.5 Å². The minimum atomic E-state index is -3.53. The Bertz CT molecular complexity index is 1470. The molecular weight excluding hydrogens is 608 g/mol. The predicted octanol–water partition coefficient (Wildman–Crippen LogP) is 7.25. The van der Waals surface area contributed by atoms with Gasteiger partial charge in [0, 0.05) is 16.6 Å². The Balaban J connectivity index is 1.51. The van der Waals surface area contributed by atoms with Gasteiger partial charge in [-0.25, -0.2) is 8.78 Å². The zero-order valence-corrected chi connectivity index (χ0v) is 22.2. The molecule has 0 spiro atoms. The molecule has 0 aliphatic heterocycles. The summed E-state index contributed by atoms with van der Waals surface area (Å²) in [5, 5.41) is 6.56. The second kappa shape index (κ2) is 11.2. The number of alkyl halides is 4. The highest BCUT2D eigenvalue weighted by atomic mass is 35.5. The average molecular weight is 623 g/mol. The minimum Gasteiger partial charge on any atom is -0.326 e. The fraction of sp³-hybridized carbons (Fsp3) is 0.160. The van der Waals surface area contributed by atoms with Gasteiger partial charge in [-0.1, -0.05) is 35.3 Å². The SMILES string of the molecule is O=C(Nc1ccc(F)c(NC(=O)C(F)F)c1F)c1cc(NC(=O)C2C(c3ccc(Cl)cc3)C2(Cl)Cl)ccc1Cl. The van der Waals surface area contributed by atoms with Crippen molar-refractivity contribution in [2.75, 3.05) is 16.0 Å². The van der Waals surface area contributed by atoms with Crippen molar-refractivity contribution in [3.63, 3.8) is 0 Å². The molecule has 3 N–H and O–H groups in total. The number of amides is 3. The van der Waals surface area contributed by atoms with Crippen LogP contribution in [-0.2, 0) is 9.59 Å². The van der Waals surface area contributed by atoms with Gasteiger partial charge in [-0.3, -0.25) is 14.4 Å². The first kappa shape index (κ1) is 28.9. The zero-order valence-electron chi connectivity index (χ0n) is 19.2. The first-order valence-electron chi connectivity index (χ1n) is 10.9. The summed E-state index contributed by atoms with van der Waals surface area (Å²) in [6, 6.07) is 12.0. The molecule has 0 aromatic heterocycles. The van der Waals surface area contributed by atoms with Crippen LogP contribution in [0.1, 0.15) is 21.8 Å². The molecule has 14 heteroatoms. The molecule has 0 heterocycles. The first-order valence-corrected chi connectivity index (χ1v) is 12.4. The van der Waals surface area contributed by atoms with E-state index in [-0.39, 0.29) is 16.3 Å². The van der Waals surface area contributed by atoms with Crippen molar-refractivity contribution in [3.8, 4) is 0 Å². The molecule has 0 saturated heterocycles. The maximum absolute atomic E-state index is 14.7. The lowest BCUT2D eigenvalue weighted by molar-refractivity contribution is -0.126. The Morgan fingerprint density at radius 1 is 0.872 bits per heavy atom. The molecule has 0 bridgehead atoms. The zero-order chi connectivity index (χ0) is 28.6. The van der Waals surface area contributed by atoms with Gasteiger partial charge >= 0.3 is 6.43 Å². The Labute approximate surface area is 238 Å². The van der Waals surface area contributed by atoms with Gasteiger partial charge in [-0.05, 0) is 48.0 Å². The maximum Gasteiger partial charge on any atom is 0.315 e. The highest BCUT2D eigenvalue weighted by molar-refractivity contribution is 6.53. The second-order valence-corrected chi connectivity index (χ2v) is 10.7. The van der Waals surface area contributed by atoms with E-state index < -0.39 is 63.3 Å². The van der Waals surface area contributed by atoms with Crippen LogP contribution in [0.15, 0.2) is 54.6 Å². The van der Waals surface area contributed by atoms with E-state index in [0.29, 0.717) is 16.7 Å². The summed E-state index contributed by atoms with van der Waals surface area (Å²) < 4.78 is 52.3. The summed E-state index contributed by atoms with van der Waals surface area (Å²) in [5.41, 5.74) is -1.19. The fourth-order valence-corrected chi connectivity index (χ4v) is 5.02. The molecule has 1 fully saturated rings. The lowest BCUT2D eigenvalue weighted by Crippen LogP contribution is -2.22. The van der Waals surface area contributed by atoms with Crippen molar-refractivity contribution in [2.45, 2.75) is 16.7 Å². The van der Waals surface area contributed by atoms with Crippen molar-refractivity contribution in [3.05, 3.63) is 87.4 Å². The summed E-state index contributed by atoms with van der Waals surface area (Å²) in [7, 11) is 0. The molecule has 4 rings (SSSR count). The fourth-order valence-electron chi connectivity index (χ4n) is 3.87. The van der Waals surface area contributed by atoms with Crippen LogP contribution >= 0.6 is 46.4 Å². The largest absolute Gasteiger partial charge is 0.326 e. The van der Waals surface area contributed by atoms with Gasteiger partial charge in [0.1, 0.15) is 15.8 Å². The van der Waals surface area contributed by atoms with E-state index in [1.54, 1.807) is 24.3 Å². The quantitative estimate of drug-likeness (QED) is 0.192. The highest BCUT2D eigenvalue weighted by Gasteiger charge is 2.67. The van der Waals surface area contributed by atoms with Crippen molar-refractivity contribution in [1.29, 1.82) is 0 Å². The Kier molecular flexibility index (Phi) is 8.32. The highest BCUT2D eigenvalue weighted by Crippen LogP contribution is 2.65. The Morgan fingerprint density at radius 2 is 1.54 bits per heavy atom. The lowest BCUT2D eigenvalue weighted by Gasteiger charge is -2.13. The molecule has 3 aromatic carbocycles. The third kappa shape index (κ3) is 6.09. The van der Waals surface area contributed by atoms with Gasteiger partial charge in [-0.2, -0.15) is 8.78 Å². The van der Waals surface area contributed by atoms with E-state index in [9.17, 15) is 31.9 Å². The van der Waals surface area contributed by atoms with E-state index in [1.807, 2.05) is 0 Å². The smallest absolute Gasteiger partial charge is 0.315 e. The van der Waals surface area contributed by atoms with Crippen LogP contribution in [0.2, 0.25) is 10.0 Å². The number of carbonyl (C=O) groups excluding carboxylic acids is 3. The lowest BCUT2D eigenvalue weighted by atomic mass is 10.1. The maximum atomic E-state index is 14.7. The summed E-state index contributed by atoms with van der Waals surface area (Å²) >= 11 is 24.7. The molecule has 39 heavy (non-hydrogen) atoms. The molecule has 1 aliphatic rings. The third-order valence-electron chi connectivity index (χ3n) is 5.83. The number of benzene rings is 3. The van der Waals surface area contributed by atoms with Gasteiger partial charge in [0.15, 0.2) is 5.82 Å². The minimum absolute atomic E-state index is 0.0891. The number of anilines is 3.